The number of nitrogens with zero attached hydrogens (tertiary/aromatic N) is 4. The van der Waals surface area contributed by atoms with Crippen LogP contribution in [0.1, 0.15) is 6.92 Å². The molecule has 0 N–H and O–H groups in total. The van der Waals surface area contributed by atoms with Crippen molar-refractivity contribution in [3.8, 4) is 5.69 Å². The molecule has 0 spiro atoms. The van der Waals surface area contributed by atoms with Gasteiger partial charge in [0.2, 0.25) is 5.91 Å². The van der Waals surface area contributed by atoms with E-state index in [2.05, 4.69) is 10.2 Å². The number of benzene rings is 2. The number of para-hydroxylation sites is 2. The van der Waals surface area contributed by atoms with Gasteiger partial charge < -0.3 is 4.90 Å². The van der Waals surface area contributed by atoms with Gasteiger partial charge in [0.15, 0.2) is 5.16 Å². The molecule has 1 atom stereocenters. The lowest BCUT2D eigenvalue weighted by Gasteiger charge is -2.21. The number of thioether (sulfide) groups is 1. The van der Waals surface area contributed by atoms with Crippen molar-refractivity contribution in [2.45, 2.75) is 17.3 Å². The highest BCUT2D eigenvalue weighted by Gasteiger charge is 2.22. The maximum Gasteiger partial charge on any atom is 0.240 e. The predicted octanol–water partition coefficient (Wildman–Crippen LogP) is 3.55. The summed E-state index contributed by atoms with van der Waals surface area (Å²) in [7, 11) is 1.73. The van der Waals surface area contributed by atoms with E-state index in [-0.39, 0.29) is 11.7 Å². The van der Waals surface area contributed by atoms with Crippen LogP contribution in [0.25, 0.3) is 5.69 Å². The molecule has 1 heterocycles. The van der Waals surface area contributed by atoms with Crippen LogP contribution in [-0.2, 0) is 4.79 Å². The van der Waals surface area contributed by atoms with Gasteiger partial charge in [-0.1, -0.05) is 42.1 Å². The van der Waals surface area contributed by atoms with Gasteiger partial charge in [-0.25, -0.2) is 4.39 Å². The Morgan fingerprint density at radius 2 is 1.84 bits per heavy atom. The Balaban J connectivity index is 1.78. The van der Waals surface area contributed by atoms with Crippen molar-refractivity contribution in [2.24, 2.45) is 0 Å². The molecule has 0 bridgehead atoms. The summed E-state index contributed by atoms with van der Waals surface area (Å²) in [5.74, 6) is -0.441. The lowest BCUT2D eigenvalue weighted by Crippen LogP contribution is -2.33. The molecule has 0 saturated heterocycles. The van der Waals surface area contributed by atoms with Crippen LogP contribution >= 0.6 is 11.8 Å². The summed E-state index contributed by atoms with van der Waals surface area (Å²) in [5.41, 5.74) is 1.17. The van der Waals surface area contributed by atoms with E-state index in [1.807, 2.05) is 30.3 Å². The number of aromatic nitrogens is 3. The second kappa shape index (κ2) is 7.48. The molecule has 7 heteroatoms. The van der Waals surface area contributed by atoms with Crippen LogP contribution in [0.15, 0.2) is 66.1 Å². The molecular formula is C18H17FN4OS. The van der Waals surface area contributed by atoms with Crippen LogP contribution in [0, 0.1) is 5.82 Å². The maximum absolute atomic E-state index is 14.0. The van der Waals surface area contributed by atoms with Crippen molar-refractivity contribution in [2.75, 3.05) is 11.9 Å². The fourth-order valence-electron chi connectivity index (χ4n) is 2.38. The molecule has 0 saturated carbocycles. The van der Waals surface area contributed by atoms with Crippen LogP contribution < -0.4 is 4.90 Å². The SMILES string of the molecule is CC(Sc1nncn1-c1ccccc1F)C(=O)N(C)c1ccccc1. The Morgan fingerprint density at radius 1 is 1.16 bits per heavy atom. The zero-order valence-electron chi connectivity index (χ0n) is 13.8. The smallest absolute Gasteiger partial charge is 0.240 e. The van der Waals surface area contributed by atoms with E-state index < -0.39 is 5.25 Å². The quantitative estimate of drug-likeness (QED) is 0.656. The molecule has 1 unspecified atom stereocenters. The summed E-state index contributed by atoms with van der Waals surface area (Å²) >= 11 is 1.24. The molecule has 3 aromatic rings. The third-order valence-corrected chi connectivity index (χ3v) is 4.78. The van der Waals surface area contributed by atoms with E-state index in [9.17, 15) is 9.18 Å². The second-order valence-corrected chi connectivity index (χ2v) is 6.74. The standard InChI is InChI=1S/C18H17FN4OS/c1-13(17(24)22(2)14-8-4-3-5-9-14)25-18-21-20-12-23(18)16-11-7-6-10-15(16)19/h3-13H,1-2H3. The van der Waals surface area contributed by atoms with E-state index in [4.69, 9.17) is 0 Å². The topological polar surface area (TPSA) is 51.0 Å². The van der Waals surface area contributed by atoms with Gasteiger partial charge in [-0.3, -0.25) is 9.36 Å². The summed E-state index contributed by atoms with van der Waals surface area (Å²) in [4.78, 5) is 14.3. The van der Waals surface area contributed by atoms with Crippen LogP contribution in [0.4, 0.5) is 10.1 Å². The summed E-state index contributed by atoms with van der Waals surface area (Å²) in [6.45, 7) is 1.80. The first-order valence-corrected chi connectivity index (χ1v) is 8.60. The zero-order valence-corrected chi connectivity index (χ0v) is 14.7. The highest BCUT2D eigenvalue weighted by molar-refractivity contribution is 8.00. The molecule has 1 aromatic heterocycles. The first-order chi connectivity index (χ1) is 12.1. The van der Waals surface area contributed by atoms with Crippen molar-refractivity contribution in [3.05, 3.63) is 66.7 Å². The van der Waals surface area contributed by atoms with Gasteiger partial charge in [-0.05, 0) is 31.2 Å². The number of carbonyl (C=O) groups is 1. The minimum atomic E-state index is -0.403. The Hall–Kier alpha value is -2.67. The van der Waals surface area contributed by atoms with Crippen LogP contribution in [0.2, 0.25) is 0 Å². The zero-order chi connectivity index (χ0) is 17.8. The van der Waals surface area contributed by atoms with E-state index in [0.29, 0.717) is 10.8 Å². The molecule has 2 aromatic carbocycles. The Morgan fingerprint density at radius 3 is 2.56 bits per heavy atom. The molecule has 0 fully saturated rings. The van der Waals surface area contributed by atoms with Crippen LogP contribution in [0.5, 0.6) is 0 Å². The number of hydrogen-bond acceptors (Lipinski definition) is 4. The maximum atomic E-state index is 14.0. The average Bonchev–Trinajstić information content (AvgIpc) is 3.09. The van der Waals surface area contributed by atoms with Crippen molar-refractivity contribution in [3.63, 3.8) is 0 Å². The van der Waals surface area contributed by atoms with Gasteiger partial charge in [0.25, 0.3) is 0 Å². The Bertz CT molecular complexity index is 868. The van der Waals surface area contributed by atoms with Crippen molar-refractivity contribution in [1.82, 2.24) is 14.8 Å². The molecular weight excluding hydrogens is 339 g/mol. The van der Waals surface area contributed by atoms with Crippen LogP contribution in [-0.4, -0.2) is 33.0 Å². The first-order valence-electron chi connectivity index (χ1n) is 7.72. The van der Waals surface area contributed by atoms with Gasteiger partial charge >= 0.3 is 0 Å². The highest BCUT2D eigenvalue weighted by Crippen LogP contribution is 2.26. The molecule has 0 aliphatic carbocycles. The highest BCUT2D eigenvalue weighted by atomic mass is 32.2. The lowest BCUT2D eigenvalue weighted by molar-refractivity contribution is -0.117. The largest absolute Gasteiger partial charge is 0.315 e. The summed E-state index contributed by atoms with van der Waals surface area (Å²) in [6.07, 6.45) is 1.44. The van der Waals surface area contributed by atoms with Gasteiger partial charge in [0.05, 0.1) is 10.9 Å². The third-order valence-electron chi connectivity index (χ3n) is 3.73. The first kappa shape index (κ1) is 17.2. The lowest BCUT2D eigenvalue weighted by atomic mass is 10.3. The third kappa shape index (κ3) is 3.71. The van der Waals surface area contributed by atoms with Crippen molar-refractivity contribution < 1.29 is 9.18 Å². The number of carbonyl (C=O) groups excluding carboxylic acids is 1. The number of hydrogen-bond donors (Lipinski definition) is 0. The summed E-state index contributed by atoms with van der Waals surface area (Å²) in [6, 6.07) is 15.8. The number of anilines is 1. The summed E-state index contributed by atoms with van der Waals surface area (Å²) < 4.78 is 15.6. The van der Waals surface area contributed by atoms with Crippen molar-refractivity contribution in [1.29, 1.82) is 0 Å². The normalized spacial score (nSPS) is 12.0. The molecule has 25 heavy (non-hydrogen) atoms. The van der Waals surface area contributed by atoms with E-state index in [0.717, 1.165) is 5.69 Å². The molecule has 0 aliphatic rings. The molecule has 5 nitrogen and oxygen atoms in total. The summed E-state index contributed by atoms with van der Waals surface area (Å²) in [5, 5.41) is 7.94. The Labute approximate surface area is 149 Å². The minimum Gasteiger partial charge on any atom is -0.315 e. The number of rotatable bonds is 5. The number of amides is 1. The average molecular weight is 356 g/mol. The fourth-order valence-corrected chi connectivity index (χ4v) is 3.31. The molecule has 0 radical (unpaired) electrons. The van der Waals surface area contributed by atoms with E-state index in [1.54, 1.807) is 41.6 Å². The van der Waals surface area contributed by atoms with Gasteiger partial charge in [0.1, 0.15) is 12.1 Å². The number of halogens is 1. The van der Waals surface area contributed by atoms with E-state index >= 15 is 0 Å². The van der Waals surface area contributed by atoms with Gasteiger partial charge in [-0.2, -0.15) is 0 Å². The molecule has 3 rings (SSSR count). The molecule has 1 amide bonds. The molecule has 128 valence electrons. The predicted molar refractivity (Wildman–Crippen MR) is 96.5 cm³/mol. The van der Waals surface area contributed by atoms with Crippen LogP contribution in [0.3, 0.4) is 0 Å². The molecule has 0 aliphatic heterocycles. The minimum absolute atomic E-state index is 0.0701. The van der Waals surface area contributed by atoms with Gasteiger partial charge in [-0.15, -0.1) is 10.2 Å². The monoisotopic (exact) mass is 356 g/mol. The second-order valence-electron chi connectivity index (χ2n) is 5.43. The van der Waals surface area contributed by atoms with Gasteiger partial charge in [0, 0.05) is 12.7 Å². The Kier molecular flexibility index (Phi) is 5.14. The fraction of sp³-hybridized carbons (Fsp3) is 0.167. The van der Waals surface area contributed by atoms with E-state index in [1.165, 1.54) is 24.2 Å². The van der Waals surface area contributed by atoms with Crippen molar-refractivity contribution >= 4 is 23.4 Å².